The Morgan fingerprint density at radius 1 is 1.40 bits per heavy atom. The highest BCUT2D eigenvalue weighted by atomic mass is 32.2. The van der Waals surface area contributed by atoms with E-state index in [4.69, 9.17) is 5.73 Å². The van der Waals surface area contributed by atoms with Gasteiger partial charge in [0.25, 0.3) is 0 Å². The lowest BCUT2D eigenvalue weighted by molar-refractivity contribution is 0.182. The molecule has 0 aliphatic rings. The van der Waals surface area contributed by atoms with Gasteiger partial charge in [0.15, 0.2) is 0 Å². The molecule has 0 radical (unpaired) electrons. The van der Waals surface area contributed by atoms with E-state index < -0.39 is 16.1 Å². The van der Waals surface area contributed by atoms with E-state index in [9.17, 15) is 13.5 Å². The number of aliphatic hydroxyl groups is 1. The molecule has 20 heavy (non-hydrogen) atoms. The number of hydrogen-bond donors (Lipinski definition) is 4. The summed E-state index contributed by atoms with van der Waals surface area (Å²) in [5, 5.41) is 16.2. The summed E-state index contributed by atoms with van der Waals surface area (Å²) < 4.78 is 26.3. The number of nitrogen functional groups attached to an aromatic ring is 1. The van der Waals surface area contributed by atoms with Crippen LogP contribution < -0.4 is 10.5 Å². The highest BCUT2D eigenvalue weighted by Gasteiger charge is 2.20. The molecule has 8 heteroatoms. The van der Waals surface area contributed by atoms with E-state index in [-0.39, 0.29) is 11.4 Å². The van der Waals surface area contributed by atoms with Gasteiger partial charge in [0.2, 0.25) is 10.0 Å². The standard InChI is InChI=1S/C12H16N4O3S/c1-8-12(7-14-16-8)20(18,19)15-6-11(17)9-2-4-10(13)5-3-9/h2-5,7,11,15,17H,6,13H2,1H3,(H,14,16). The molecule has 0 saturated heterocycles. The Morgan fingerprint density at radius 3 is 2.60 bits per heavy atom. The molecule has 0 saturated carbocycles. The van der Waals surface area contributed by atoms with Crippen molar-refractivity contribution in [3.05, 3.63) is 41.7 Å². The molecule has 0 aliphatic heterocycles. The number of aromatic nitrogens is 2. The Kier molecular flexibility index (Phi) is 4.07. The summed E-state index contributed by atoms with van der Waals surface area (Å²) in [6.07, 6.45) is 0.283. The molecule has 1 aromatic heterocycles. The number of aromatic amines is 1. The van der Waals surface area contributed by atoms with Crippen molar-refractivity contribution in [3.63, 3.8) is 0 Å². The predicted molar refractivity (Wildman–Crippen MR) is 74.3 cm³/mol. The second-order valence-corrected chi connectivity index (χ2v) is 6.13. The maximum atomic E-state index is 12.0. The third-order valence-corrected chi connectivity index (χ3v) is 4.40. The summed E-state index contributed by atoms with van der Waals surface area (Å²) in [6, 6.07) is 6.59. The fourth-order valence-corrected chi connectivity index (χ4v) is 2.89. The first-order valence-corrected chi connectivity index (χ1v) is 7.41. The van der Waals surface area contributed by atoms with Crippen molar-refractivity contribution in [1.82, 2.24) is 14.9 Å². The molecule has 2 rings (SSSR count). The largest absolute Gasteiger partial charge is 0.399 e. The van der Waals surface area contributed by atoms with Crippen LogP contribution in [0, 0.1) is 6.92 Å². The number of aryl methyl sites for hydroxylation is 1. The second-order valence-electron chi connectivity index (χ2n) is 4.39. The minimum absolute atomic E-state index is 0.0713. The molecule has 2 aromatic rings. The van der Waals surface area contributed by atoms with Crippen LogP contribution >= 0.6 is 0 Å². The predicted octanol–water partition coefficient (Wildman–Crippen LogP) is 0.312. The van der Waals surface area contributed by atoms with Crippen molar-refractivity contribution in [2.75, 3.05) is 12.3 Å². The van der Waals surface area contributed by atoms with E-state index in [0.29, 0.717) is 16.9 Å². The average molecular weight is 296 g/mol. The van der Waals surface area contributed by atoms with Gasteiger partial charge in [-0.3, -0.25) is 5.10 Å². The number of hydrogen-bond acceptors (Lipinski definition) is 5. The van der Waals surface area contributed by atoms with Crippen LogP contribution in [0.4, 0.5) is 5.69 Å². The minimum atomic E-state index is -3.69. The van der Waals surface area contributed by atoms with Crippen LogP contribution in [-0.2, 0) is 10.0 Å². The van der Waals surface area contributed by atoms with Gasteiger partial charge in [-0.1, -0.05) is 12.1 Å². The monoisotopic (exact) mass is 296 g/mol. The van der Waals surface area contributed by atoms with Gasteiger partial charge in [-0.25, -0.2) is 13.1 Å². The van der Waals surface area contributed by atoms with Crippen LogP contribution in [0.1, 0.15) is 17.4 Å². The Morgan fingerprint density at radius 2 is 2.05 bits per heavy atom. The van der Waals surface area contributed by atoms with Crippen LogP contribution in [0.2, 0.25) is 0 Å². The maximum absolute atomic E-state index is 12.0. The number of anilines is 1. The first-order valence-electron chi connectivity index (χ1n) is 5.93. The summed E-state index contributed by atoms with van der Waals surface area (Å²) in [5.74, 6) is 0. The van der Waals surface area contributed by atoms with Crippen molar-refractivity contribution >= 4 is 15.7 Å². The quantitative estimate of drug-likeness (QED) is 0.592. The smallest absolute Gasteiger partial charge is 0.244 e. The first-order chi connectivity index (χ1) is 9.40. The molecule has 1 heterocycles. The lowest BCUT2D eigenvalue weighted by Gasteiger charge is -2.12. The van der Waals surface area contributed by atoms with Gasteiger partial charge < -0.3 is 10.8 Å². The highest BCUT2D eigenvalue weighted by molar-refractivity contribution is 7.89. The molecule has 5 N–H and O–H groups in total. The molecular weight excluding hydrogens is 280 g/mol. The first kappa shape index (κ1) is 14.5. The van der Waals surface area contributed by atoms with Crippen LogP contribution in [0.3, 0.4) is 0 Å². The highest BCUT2D eigenvalue weighted by Crippen LogP contribution is 2.16. The molecule has 1 atom stereocenters. The molecule has 1 unspecified atom stereocenters. The zero-order valence-electron chi connectivity index (χ0n) is 10.9. The fraction of sp³-hybridized carbons (Fsp3) is 0.250. The number of rotatable bonds is 5. The number of benzene rings is 1. The van der Waals surface area contributed by atoms with Gasteiger partial charge in [0, 0.05) is 12.2 Å². The molecule has 0 fully saturated rings. The third-order valence-electron chi connectivity index (χ3n) is 2.86. The van der Waals surface area contributed by atoms with Gasteiger partial charge in [-0.15, -0.1) is 0 Å². The van der Waals surface area contributed by atoms with E-state index in [1.54, 1.807) is 31.2 Å². The number of nitrogens with one attached hydrogen (secondary N) is 2. The molecule has 0 bridgehead atoms. The van der Waals surface area contributed by atoms with Crippen LogP contribution in [0.15, 0.2) is 35.4 Å². The van der Waals surface area contributed by atoms with Crippen molar-refractivity contribution in [3.8, 4) is 0 Å². The Bertz CT molecular complexity index is 679. The topological polar surface area (TPSA) is 121 Å². The fourth-order valence-electron chi connectivity index (χ4n) is 1.71. The van der Waals surface area contributed by atoms with Crippen molar-refractivity contribution in [2.45, 2.75) is 17.9 Å². The van der Waals surface area contributed by atoms with Crippen molar-refractivity contribution in [2.24, 2.45) is 0 Å². The van der Waals surface area contributed by atoms with Crippen LogP contribution in [-0.4, -0.2) is 30.3 Å². The van der Waals surface area contributed by atoms with Gasteiger partial charge in [-0.05, 0) is 24.6 Å². The molecule has 108 valence electrons. The molecular formula is C12H16N4O3S. The molecule has 7 nitrogen and oxygen atoms in total. The number of nitrogens with two attached hydrogens (primary N) is 1. The van der Waals surface area contributed by atoms with E-state index >= 15 is 0 Å². The SMILES string of the molecule is Cc1[nH]ncc1S(=O)(=O)NCC(O)c1ccc(N)cc1. The Labute approximate surface area is 116 Å². The van der Waals surface area contributed by atoms with Gasteiger partial charge >= 0.3 is 0 Å². The summed E-state index contributed by atoms with van der Waals surface area (Å²) >= 11 is 0. The number of H-pyrrole nitrogens is 1. The Hall–Kier alpha value is -1.90. The maximum Gasteiger partial charge on any atom is 0.244 e. The molecule has 0 aliphatic carbocycles. The summed E-state index contributed by atoms with van der Waals surface area (Å²) in [4.78, 5) is 0.0713. The van der Waals surface area contributed by atoms with Gasteiger partial charge in [-0.2, -0.15) is 5.10 Å². The van der Waals surface area contributed by atoms with E-state index in [2.05, 4.69) is 14.9 Å². The average Bonchev–Trinajstić information content (AvgIpc) is 2.84. The third kappa shape index (κ3) is 3.16. The normalized spacial score (nSPS) is 13.3. The second kappa shape index (κ2) is 5.61. The van der Waals surface area contributed by atoms with Gasteiger partial charge in [0.1, 0.15) is 4.90 Å². The number of nitrogens with zero attached hydrogens (tertiary/aromatic N) is 1. The van der Waals surface area contributed by atoms with Crippen LogP contribution in [0.25, 0.3) is 0 Å². The van der Waals surface area contributed by atoms with E-state index in [0.717, 1.165) is 0 Å². The van der Waals surface area contributed by atoms with E-state index in [1.807, 2.05) is 0 Å². The minimum Gasteiger partial charge on any atom is -0.399 e. The summed E-state index contributed by atoms with van der Waals surface area (Å²) in [7, 11) is -3.69. The summed E-state index contributed by atoms with van der Waals surface area (Å²) in [6.45, 7) is 1.48. The summed E-state index contributed by atoms with van der Waals surface area (Å²) in [5.41, 5.74) is 7.16. The van der Waals surface area contributed by atoms with Crippen LogP contribution in [0.5, 0.6) is 0 Å². The van der Waals surface area contributed by atoms with Crippen molar-refractivity contribution in [1.29, 1.82) is 0 Å². The lowest BCUT2D eigenvalue weighted by atomic mass is 10.1. The molecule has 0 spiro atoms. The molecule has 1 aromatic carbocycles. The zero-order chi connectivity index (χ0) is 14.8. The van der Waals surface area contributed by atoms with Crippen molar-refractivity contribution < 1.29 is 13.5 Å². The molecule has 0 amide bonds. The number of aliphatic hydroxyl groups excluding tert-OH is 1. The van der Waals surface area contributed by atoms with E-state index in [1.165, 1.54) is 6.20 Å². The lowest BCUT2D eigenvalue weighted by Crippen LogP contribution is -2.28. The Balaban J connectivity index is 2.05. The number of sulfonamides is 1. The van der Waals surface area contributed by atoms with Gasteiger partial charge in [0.05, 0.1) is 18.0 Å². The zero-order valence-corrected chi connectivity index (χ0v) is 11.7.